The Morgan fingerprint density at radius 1 is 1.52 bits per heavy atom. The third kappa shape index (κ3) is 4.45. The van der Waals surface area contributed by atoms with Gasteiger partial charge < -0.3 is 10.0 Å². The average Bonchev–Trinajstić information content (AvgIpc) is 2.90. The number of halogens is 1. The quantitative estimate of drug-likeness (QED) is 0.897. The fourth-order valence-corrected chi connectivity index (χ4v) is 3.89. The number of hydrogen-bond donors (Lipinski definition) is 1. The number of aliphatic carboxylic acids is 1. The molecule has 2 atom stereocenters. The van der Waals surface area contributed by atoms with Crippen molar-refractivity contribution in [1.82, 2.24) is 4.90 Å². The van der Waals surface area contributed by atoms with Crippen LogP contribution >= 0.6 is 22.9 Å². The van der Waals surface area contributed by atoms with Gasteiger partial charge in [0.25, 0.3) is 0 Å². The van der Waals surface area contributed by atoms with E-state index in [1.807, 2.05) is 24.0 Å². The van der Waals surface area contributed by atoms with Gasteiger partial charge in [0.15, 0.2) is 0 Å². The lowest BCUT2D eigenvalue weighted by Crippen LogP contribution is -2.41. The molecule has 0 radical (unpaired) electrons. The number of rotatable bonds is 5. The maximum absolute atomic E-state index is 12.6. The summed E-state index contributed by atoms with van der Waals surface area (Å²) in [5.41, 5.74) is 0. The van der Waals surface area contributed by atoms with E-state index in [0.717, 1.165) is 24.3 Å². The van der Waals surface area contributed by atoms with Crippen LogP contribution in [0.1, 0.15) is 43.4 Å². The Morgan fingerprint density at radius 2 is 2.29 bits per heavy atom. The molecule has 116 valence electrons. The number of carboxylic acid groups (broad SMARTS) is 1. The van der Waals surface area contributed by atoms with Gasteiger partial charge in [0, 0.05) is 24.4 Å². The molecule has 6 heteroatoms. The minimum absolute atomic E-state index is 0.119. The van der Waals surface area contributed by atoms with Crippen molar-refractivity contribution < 1.29 is 14.7 Å². The zero-order valence-electron chi connectivity index (χ0n) is 12.0. The monoisotopic (exact) mass is 329 g/mol. The van der Waals surface area contributed by atoms with Crippen molar-refractivity contribution in [2.45, 2.75) is 38.5 Å². The van der Waals surface area contributed by atoms with Crippen LogP contribution in [0.3, 0.4) is 0 Å². The normalized spacial score (nSPS) is 20.3. The van der Waals surface area contributed by atoms with Crippen LogP contribution in [0.5, 0.6) is 0 Å². The van der Waals surface area contributed by atoms with Crippen molar-refractivity contribution in [3.8, 4) is 0 Å². The van der Waals surface area contributed by atoms with Gasteiger partial charge >= 0.3 is 5.97 Å². The molecular weight excluding hydrogens is 310 g/mol. The molecule has 0 aliphatic carbocycles. The van der Waals surface area contributed by atoms with Gasteiger partial charge in [0.05, 0.1) is 10.3 Å². The molecule has 2 rings (SSSR count). The first-order chi connectivity index (χ1) is 9.97. The standard InChI is InChI=1S/C15H20ClNO3S/c1-10(12-5-6-13(16)21-12)15(20)17-8-2-3-11(9-17)4-7-14(18)19/h5-6,10-11H,2-4,7-9H2,1H3,(H,18,19). The number of hydrogen-bond acceptors (Lipinski definition) is 3. The maximum Gasteiger partial charge on any atom is 0.303 e. The van der Waals surface area contributed by atoms with E-state index in [1.54, 1.807) is 0 Å². The first-order valence-corrected chi connectivity index (χ1v) is 8.42. The summed E-state index contributed by atoms with van der Waals surface area (Å²) >= 11 is 7.37. The van der Waals surface area contributed by atoms with Crippen LogP contribution in [0, 0.1) is 5.92 Å². The van der Waals surface area contributed by atoms with Gasteiger partial charge in [-0.3, -0.25) is 9.59 Å². The Hall–Kier alpha value is -1.07. The summed E-state index contributed by atoms with van der Waals surface area (Å²) in [5, 5.41) is 8.77. The molecule has 1 aliphatic heterocycles. The minimum atomic E-state index is -0.764. The molecule has 0 saturated carbocycles. The molecule has 1 aromatic rings. The first kappa shape index (κ1) is 16.3. The van der Waals surface area contributed by atoms with Crippen molar-refractivity contribution in [2.24, 2.45) is 5.92 Å². The predicted octanol–water partition coefficient (Wildman–Crippen LogP) is 3.61. The van der Waals surface area contributed by atoms with Crippen molar-refractivity contribution in [2.75, 3.05) is 13.1 Å². The molecule has 1 amide bonds. The van der Waals surface area contributed by atoms with Crippen LogP contribution in [0.2, 0.25) is 4.34 Å². The highest BCUT2D eigenvalue weighted by Crippen LogP contribution is 2.30. The highest BCUT2D eigenvalue weighted by Gasteiger charge is 2.28. The van der Waals surface area contributed by atoms with E-state index in [-0.39, 0.29) is 18.2 Å². The molecule has 1 aliphatic rings. The number of amides is 1. The van der Waals surface area contributed by atoms with Crippen LogP contribution < -0.4 is 0 Å². The molecule has 2 heterocycles. The van der Waals surface area contributed by atoms with Crippen LogP contribution in [-0.2, 0) is 9.59 Å². The average molecular weight is 330 g/mol. The third-order valence-electron chi connectivity index (χ3n) is 3.99. The van der Waals surface area contributed by atoms with E-state index >= 15 is 0 Å². The summed E-state index contributed by atoms with van der Waals surface area (Å²) in [6, 6.07) is 3.72. The lowest BCUT2D eigenvalue weighted by molar-refractivity contribution is -0.137. The number of piperidine rings is 1. The molecule has 1 saturated heterocycles. The van der Waals surface area contributed by atoms with Crippen molar-refractivity contribution in [3.05, 3.63) is 21.3 Å². The molecule has 1 N–H and O–H groups in total. The van der Waals surface area contributed by atoms with E-state index in [4.69, 9.17) is 16.7 Å². The predicted molar refractivity (Wildman–Crippen MR) is 83.9 cm³/mol. The van der Waals surface area contributed by atoms with E-state index in [2.05, 4.69) is 0 Å². The number of likely N-dealkylation sites (tertiary alicyclic amines) is 1. The third-order valence-corrected chi connectivity index (χ3v) is 5.40. The van der Waals surface area contributed by atoms with Crippen molar-refractivity contribution >= 4 is 34.8 Å². The fourth-order valence-electron chi connectivity index (χ4n) is 2.79. The lowest BCUT2D eigenvalue weighted by Gasteiger charge is -2.34. The highest BCUT2D eigenvalue weighted by molar-refractivity contribution is 7.16. The van der Waals surface area contributed by atoms with E-state index in [9.17, 15) is 9.59 Å². The molecule has 2 unspecified atom stereocenters. The molecular formula is C15H20ClNO3S. The summed E-state index contributed by atoms with van der Waals surface area (Å²) in [7, 11) is 0. The molecule has 0 bridgehead atoms. The molecule has 4 nitrogen and oxygen atoms in total. The second-order valence-corrected chi connectivity index (χ2v) is 7.34. The molecule has 21 heavy (non-hydrogen) atoms. The second-order valence-electron chi connectivity index (χ2n) is 5.59. The largest absolute Gasteiger partial charge is 0.481 e. The summed E-state index contributed by atoms with van der Waals surface area (Å²) in [4.78, 5) is 26.1. The molecule has 0 spiro atoms. The van der Waals surface area contributed by atoms with Gasteiger partial charge in [-0.2, -0.15) is 0 Å². The maximum atomic E-state index is 12.6. The van der Waals surface area contributed by atoms with E-state index < -0.39 is 5.97 Å². The summed E-state index contributed by atoms with van der Waals surface area (Å²) in [6.45, 7) is 3.35. The summed E-state index contributed by atoms with van der Waals surface area (Å²) in [6.07, 6.45) is 2.80. The second kappa shape index (κ2) is 7.27. The zero-order valence-corrected chi connectivity index (χ0v) is 13.6. The van der Waals surface area contributed by atoms with Gasteiger partial charge in [0.2, 0.25) is 5.91 Å². The Labute approximate surface area is 133 Å². The highest BCUT2D eigenvalue weighted by atomic mass is 35.5. The van der Waals surface area contributed by atoms with Crippen LogP contribution in [0.15, 0.2) is 12.1 Å². The Morgan fingerprint density at radius 3 is 2.90 bits per heavy atom. The smallest absolute Gasteiger partial charge is 0.303 e. The first-order valence-electron chi connectivity index (χ1n) is 7.23. The molecule has 1 aromatic heterocycles. The van der Waals surface area contributed by atoms with Crippen molar-refractivity contribution in [3.63, 3.8) is 0 Å². The molecule has 1 fully saturated rings. The number of thiophene rings is 1. The van der Waals surface area contributed by atoms with Gasteiger partial charge in [-0.1, -0.05) is 11.6 Å². The molecule has 0 aromatic carbocycles. The van der Waals surface area contributed by atoms with E-state index in [0.29, 0.717) is 23.2 Å². The van der Waals surface area contributed by atoms with Crippen LogP contribution in [0.25, 0.3) is 0 Å². The topological polar surface area (TPSA) is 57.6 Å². The Bertz CT molecular complexity index is 517. The van der Waals surface area contributed by atoms with Gasteiger partial charge in [-0.25, -0.2) is 0 Å². The Kier molecular flexibility index (Phi) is 5.65. The summed E-state index contributed by atoms with van der Waals surface area (Å²) < 4.78 is 0.697. The van der Waals surface area contributed by atoms with Gasteiger partial charge in [-0.15, -0.1) is 11.3 Å². The Balaban J connectivity index is 1.93. The van der Waals surface area contributed by atoms with Crippen LogP contribution in [-0.4, -0.2) is 35.0 Å². The van der Waals surface area contributed by atoms with Crippen molar-refractivity contribution in [1.29, 1.82) is 0 Å². The van der Waals surface area contributed by atoms with Crippen LogP contribution in [0.4, 0.5) is 0 Å². The minimum Gasteiger partial charge on any atom is -0.481 e. The van der Waals surface area contributed by atoms with Gasteiger partial charge in [0.1, 0.15) is 0 Å². The fraction of sp³-hybridized carbons (Fsp3) is 0.600. The number of carbonyl (C=O) groups is 2. The van der Waals surface area contributed by atoms with Gasteiger partial charge in [-0.05, 0) is 44.2 Å². The lowest BCUT2D eigenvalue weighted by atomic mass is 9.92. The number of carbonyl (C=O) groups excluding carboxylic acids is 1. The number of nitrogens with zero attached hydrogens (tertiary/aromatic N) is 1. The summed E-state index contributed by atoms with van der Waals surface area (Å²) in [5.74, 6) is -0.521. The SMILES string of the molecule is CC(C(=O)N1CCCC(CCC(=O)O)C1)c1ccc(Cl)s1. The number of carboxylic acids is 1. The van der Waals surface area contributed by atoms with E-state index in [1.165, 1.54) is 11.3 Å². The zero-order chi connectivity index (χ0) is 15.4.